The summed E-state index contributed by atoms with van der Waals surface area (Å²) in [7, 11) is -3.88. The van der Waals surface area contributed by atoms with Crippen LogP contribution in [0.3, 0.4) is 0 Å². The maximum atomic E-state index is 13.7. The molecule has 0 amide bonds. The van der Waals surface area contributed by atoms with Gasteiger partial charge in [0.15, 0.2) is 0 Å². The number of rotatable bonds is 4. The first-order valence-electron chi connectivity index (χ1n) is 6.31. The Morgan fingerprint density at radius 3 is 2.32 bits per heavy atom. The highest BCUT2D eigenvalue weighted by atomic mass is 32.2. The lowest BCUT2D eigenvalue weighted by atomic mass is 10.1. The molecule has 0 aromatic heterocycles. The highest BCUT2D eigenvalue weighted by molar-refractivity contribution is 7.89. The molecule has 0 unspecified atom stereocenters. The van der Waals surface area contributed by atoms with E-state index in [-0.39, 0.29) is 10.5 Å². The molecule has 0 aliphatic rings. The SMILES string of the molecule is C[C@H](NS(=O)(=O)c1ccc(C#N)cc1)c1ccc(F)cc1F. The van der Waals surface area contributed by atoms with Crippen molar-refractivity contribution < 1.29 is 17.2 Å². The van der Waals surface area contributed by atoms with Gasteiger partial charge in [-0.3, -0.25) is 0 Å². The van der Waals surface area contributed by atoms with Crippen molar-refractivity contribution in [2.75, 3.05) is 0 Å². The summed E-state index contributed by atoms with van der Waals surface area (Å²) in [6.45, 7) is 1.46. The van der Waals surface area contributed by atoms with Crippen molar-refractivity contribution in [2.45, 2.75) is 17.9 Å². The van der Waals surface area contributed by atoms with Gasteiger partial charge in [0.25, 0.3) is 0 Å². The number of hydrogen-bond donors (Lipinski definition) is 1. The predicted octanol–water partition coefficient (Wildman–Crippen LogP) is 2.88. The lowest BCUT2D eigenvalue weighted by Gasteiger charge is -2.15. The molecule has 0 spiro atoms. The van der Waals surface area contributed by atoms with Crippen molar-refractivity contribution in [3.63, 3.8) is 0 Å². The second-order valence-corrected chi connectivity index (χ2v) is 6.36. The average Bonchev–Trinajstić information content (AvgIpc) is 2.46. The van der Waals surface area contributed by atoms with Gasteiger partial charge in [-0.25, -0.2) is 21.9 Å². The Morgan fingerprint density at radius 2 is 1.77 bits per heavy atom. The van der Waals surface area contributed by atoms with E-state index in [1.807, 2.05) is 6.07 Å². The van der Waals surface area contributed by atoms with E-state index < -0.39 is 27.7 Å². The summed E-state index contributed by atoms with van der Waals surface area (Å²) in [5.74, 6) is -1.56. The van der Waals surface area contributed by atoms with Crippen LogP contribution in [0.2, 0.25) is 0 Å². The molecule has 0 radical (unpaired) electrons. The second-order valence-electron chi connectivity index (χ2n) is 4.64. The topological polar surface area (TPSA) is 70.0 Å². The minimum Gasteiger partial charge on any atom is -0.207 e. The van der Waals surface area contributed by atoms with Gasteiger partial charge in [-0.05, 0) is 37.3 Å². The van der Waals surface area contributed by atoms with Gasteiger partial charge in [0, 0.05) is 17.7 Å². The van der Waals surface area contributed by atoms with E-state index in [1.165, 1.54) is 37.3 Å². The van der Waals surface area contributed by atoms with Crippen molar-refractivity contribution in [1.29, 1.82) is 5.26 Å². The van der Waals surface area contributed by atoms with E-state index in [2.05, 4.69) is 4.72 Å². The Morgan fingerprint density at radius 1 is 1.14 bits per heavy atom. The van der Waals surface area contributed by atoms with Gasteiger partial charge in [-0.15, -0.1) is 0 Å². The molecule has 0 aliphatic carbocycles. The van der Waals surface area contributed by atoms with Crippen LogP contribution in [0.15, 0.2) is 47.4 Å². The minimum atomic E-state index is -3.88. The monoisotopic (exact) mass is 322 g/mol. The summed E-state index contributed by atoms with van der Waals surface area (Å²) in [6, 6.07) is 9.28. The van der Waals surface area contributed by atoms with E-state index >= 15 is 0 Å². The third kappa shape index (κ3) is 3.47. The Balaban J connectivity index is 2.25. The number of hydrogen-bond acceptors (Lipinski definition) is 3. The molecule has 0 saturated carbocycles. The third-order valence-corrected chi connectivity index (χ3v) is 4.61. The molecule has 2 rings (SSSR count). The van der Waals surface area contributed by atoms with Crippen molar-refractivity contribution in [2.24, 2.45) is 0 Å². The fraction of sp³-hybridized carbons (Fsp3) is 0.133. The zero-order chi connectivity index (χ0) is 16.3. The lowest BCUT2D eigenvalue weighted by molar-refractivity contribution is 0.540. The van der Waals surface area contributed by atoms with E-state index in [4.69, 9.17) is 5.26 Å². The largest absolute Gasteiger partial charge is 0.241 e. The maximum absolute atomic E-state index is 13.7. The van der Waals surface area contributed by atoms with Crippen molar-refractivity contribution in [3.05, 3.63) is 65.2 Å². The van der Waals surface area contributed by atoms with Gasteiger partial charge in [-0.1, -0.05) is 6.07 Å². The van der Waals surface area contributed by atoms with Crippen molar-refractivity contribution in [1.82, 2.24) is 4.72 Å². The molecular formula is C15H12F2N2O2S. The second kappa shape index (κ2) is 6.22. The summed E-state index contributed by atoms with van der Waals surface area (Å²) < 4.78 is 53.3. The van der Waals surface area contributed by atoms with Crippen LogP contribution < -0.4 is 4.72 Å². The number of benzene rings is 2. The lowest BCUT2D eigenvalue weighted by Crippen LogP contribution is -2.27. The molecule has 1 atom stereocenters. The first-order valence-corrected chi connectivity index (χ1v) is 7.79. The van der Waals surface area contributed by atoms with Gasteiger partial charge in [-0.2, -0.15) is 5.26 Å². The number of nitrogens with zero attached hydrogens (tertiary/aromatic N) is 1. The number of halogens is 2. The Labute approximate surface area is 127 Å². The maximum Gasteiger partial charge on any atom is 0.241 e. The van der Waals surface area contributed by atoms with Crippen LogP contribution in [-0.2, 0) is 10.0 Å². The van der Waals surface area contributed by atoms with Crippen LogP contribution in [0.4, 0.5) is 8.78 Å². The number of nitrogens with one attached hydrogen (secondary N) is 1. The van der Waals surface area contributed by atoms with Gasteiger partial charge >= 0.3 is 0 Å². The first-order chi connectivity index (χ1) is 10.3. The van der Waals surface area contributed by atoms with Gasteiger partial charge in [0.1, 0.15) is 11.6 Å². The van der Waals surface area contributed by atoms with Crippen molar-refractivity contribution >= 4 is 10.0 Å². The van der Waals surface area contributed by atoms with Gasteiger partial charge < -0.3 is 0 Å². The average molecular weight is 322 g/mol. The fourth-order valence-corrected chi connectivity index (χ4v) is 3.15. The molecule has 1 N–H and O–H groups in total. The van der Waals surface area contributed by atoms with Crippen LogP contribution >= 0.6 is 0 Å². The molecule has 0 fully saturated rings. The summed E-state index contributed by atoms with van der Waals surface area (Å²) in [4.78, 5) is -0.0409. The quantitative estimate of drug-likeness (QED) is 0.941. The molecule has 22 heavy (non-hydrogen) atoms. The molecule has 0 saturated heterocycles. The van der Waals surface area contributed by atoms with E-state index in [1.54, 1.807) is 0 Å². The Kier molecular flexibility index (Phi) is 4.54. The zero-order valence-electron chi connectivity index (χ0n) is 11.5. The zero-order valence-corrected chi connectivity index (χ0v) is 12.4. The molecule has 0 bridgehead atoms. The van der Waals surface area contributed by atoms with Crippen molar-refractivity contribution in [3.8, 4) is 6.07 Å². The molecule has 4 nitrogen and oxygen atoms in total. The van der Waals surface area contributed by atoms with E-state index in [9.17, 15) is 17.2 Å². The van der Waals surface area contributed by atoms with Gasteiger partial charge in [0.2, 0.25) is 10.0 Å². The summed E-state index contributed by atoms with van der Waals surface area (Å²) in [5.41, 5.74) is 0.371. The highest BCUT2D eigenvalue weighted by Crippen LogP contribution is 2.20. The van der Waals surface area contributed by atoms with Crippen LogP contribution in [0.25, 0.3) is 0 Å². The minimum absolute atomic E-state index is 0.0404. The highest BCUT2D eigenvalue weighted by Gasteiger charge is 2.20. The smallest absolute Gasteiger partial charge is 0.207 e. The fourth-order valence-electron chi connectivity index (χ4n) is 1.93. The summed E-state index contributed by atoms with van der Waals surface area (Å²) in [5, 5.41) is 8.69. The molecule has 0 heterocycles. The van der Waals surface area contributed by atoms with Gasteiger partial charge in [0.05, 0.1) is 16.5 Å². The standard InChI is InChI=1S/C15H12F2N2O2S/c1-10(14-7-4-12(16)8-15(14)17)19-22(20,21)13-5-2-11(9-18)3-6-13/h2-8,10,19H,1H3/t10-/m0/s1. The predicted molar refractivity (Wildman–Crippen MR) is 76.3 cm³/mol. The summed E-state index contributed by atoms with van der Waals surface area (Å²) >= 11 is 0. The molecular weight excluding hydrogens is 310 g/mol. The Bertz CT molecular complexity index is 828. The van der Waals surface area contributed by atoms with E-state index in [0.717, 1.165) is 6.07 Å². The van der Waals surface area contributed by atoms with Crippen LogP contribution in [0.5, 0.6) is 0 Å². The molecule has 2 aromatic carbocycles. The van der Waals surface area contributed by atoms with Crippen LogP contribution in [0, 0.1) is 23.0 Å². The molecule has 7 heteroatoms. The number of nitriles is 1. The first kappa shape index (κ1) is 16.1. The Hall–Kier alpha value is -2.30. The third-order valence-electron chi connectivity index (χ3n) is 3.05. The van der Waals surface area contributed by atoms with E-state index in [0.29, 0.717) is 11.6 Å². The normalized spacial score (nSPS) is 12.6. The molecule has 2 aromatic rings. The number of sulfonamides is 1. The van der Waals surface area contributed by atoms with Crippen LogP contribution in [0.1, 0.15) is 24.1 Å². The summed E-state index contributed by atoms with van der Waals surface area (Å²) in [6.07, 6.45) is 0. The molecule has 0 aliphatic heterocycles. The molecule has 114 valence electrons. The van der Waals surface area contributed by atoms with Crippen LogP contribution in [-0.4, -0.2) is 8.42 Å².